The highest BCUT2D eigenvalue weighted by molar-refractivity contribution is 5.88. The molecule has 0 amide bonds. The molecule has 30 heavy (non-hydrogen) atoms. The topological polar surface area (TPSA) is 32.7 Å². The molecule has 3 aromatic rings. The van der Waals surface area contributed by atoms with Crippen LogP contribution in [0.2, 0.25) is 0 Å². The molecule has 0 radical (unpaired) electrons. The number of morpholine rings is 1. The van der Waals surface area contributed by atoms with Crippen molar-refractivity contribution >= 4 is 28.0 Å². The van der Waals surface area contributed by atoms with Crippen LogP contribution in [0.4, 0.5) is 17.1 Å². The van der Waals surface area contributed by atoms with Crippen molar-refractivity contribution in [3.8, 4) is 0 Å². The van der Waals surface area contributed by atoms with Gasteiger partial charge in [0.25, 0.3) is 0 Å². The zero-order valence-corrected chi connectivity index (χ0v) is 18.1. The van der Waals surface area contributed by atoms with Gasteiger partial charge in [0.15, 0.2) is 0 Å². The van der Waals surface area contributed by atoms with Gasteiger partial charge in [0.05, 0.1) is 18.7 Å². The minimum atomic E-state index is 0.675. The van der Waals surface area contributed by atoms with E-state index < -0.39 is 0 Å². The lowest BCUT2D eigenvalue weighted by atomic mass is 9.89. The van der Waals surface area contributed by atoms with Gasteiger partial charge in [-0.2, -0.15) is 0 Å². The van der Waals surface area contributed by atoms with Gasteiger partial charge in [-0.25, -0.2) is 0 Å². The first kappa shape index (κ1) is 19.5. The Balaban J connectivity index is 1.37. The molecule has 5 heteroatoms. The first-order chi connectivity index (χ1) is 14.7. The maximum absolute atomic E-state index is 5.49. The number of fused-ring (bicyclic) bond motifs is 1. The fourth-order valence-electron chi connectivity index (χ4n) is 4.91. The molecule has 0 unspecified atom stereocenters. The van der Waals surface area contributed by atoms with Crippen LogP contribution in [-0.4, -0.2) is 55.9 Å². The summed E-state index contributed by atoms with van der Waals surface area (Å²) in [6, 6.07) is 15.5. The number of nitrogens with one attached hydrogen (secondary N) is 1. The van der Waals surface area contributed by atoms with Crippen molar-refractivity contribution in [3.63, 3.8) is 0 Å². The van der Waals surface area contributed by atoms with Gasteiger partial charge in [-0.05, 0) is 74.8 Å². The molecule has 2 aliphatic heterocycles. The van der Waals surface area contributed by atoms with Gasteiger partial charge in [0, 0.05) is 48.8 Å². The fraction of sp³-hybridized carbons (Fsp3) is 0.440. The molecule has 1 aromatic heterocycles. The van der Waals surface area contributed by atoms with Crippen molar-refractivity contribution in [1.82, 2.24) is 9.47 Å². The first-order valence-corrected chi connectivity index (χ1v) is 11.1. The van der Waals surface area contributed by atoms with E-state index in [9.17, 15) is 0 Å². The molecular formula is C25H32N4O. The lowest BCUT2D eigenvalue weighted by Crippen LogP contribution is -2.36. The molecule has 0 bridgehead atoms. The highest BCUT2D eigenvalue weighted by Crippen LogP contribution is 2.35. The van der Waals surface area contributed by atoms with Gasteiger partial charge in [-0.15, -0.1) is 0 Å². The van der Waals surface area contributed by atoms with Crippen molar-refractivity contribution in [3.05, 3.63) is 54.2 Å². The van der Waals surface area contributed by atoms with E-state index in [0.29, 0.717) is 5.92 Å². The molecule has 1 N–H and O–H groups in total. The monoisotopic (exact) mass is 404 g/mol. The quantitative estimate of drug-likeness (QED) is 0.691. The number of nitrogens with zero attached hydrogens (tertiary/aromatic N) is 3. The highest BCUT2D eigenvalue weighted by atomic mass is 16.5. The number of aromatic nitrogens is 1. The Labute approximate surface area is 179 Å². The van der Waals surface area contributed by atoms with Gasteiger partial charge < -0.3 is 24.4 Å². The molecule has 3 heterocycles. The summed E-state index contributed by atoms with van der Waals surface area (Å²) in [6.07, 6.45) is 4.86. The Morgan fingerprint density at radius 3 is 2.47 bits per heavy atom. The fourth-order valence-corrected chi connectivity index (χ4v) is 4.91. The van der Waals surface area contributed by atoms with Crippen molar-refractivity contribution in [2.24, 2.45) is 7.05 Å². The van der Waals surface area contributed by atoms with Gasteiger partial charge in [0.2, 0.25) is 0 Å². The van der Waals surface area contributed by atoms with Crippen molar-refractivity contribution in [2.45, 2.75) is 18.8 Å². The number of piperidine rings is 1. The molecule has 0 saturated carbocycles. The van der Waals surface area contributed by atoms with Crippen LogP contribution in [0.3, 0.4) is 0 Å². The standard InChI is InChI=1S/C25H32N4O/c1-27-10-8-19(9-11-27)24-18-28(2)25-17-21(6-7-23(24)25)26-20-4-3-5-22(16-20)29-12-14-30-15-13-29/h3-7,16-19,26H,8-15H2,1-2H3. The van der Waals surface area contributed by atoms with Crippen LogP contribution in [0.25, 0.3) is 10.9 Å². The maximum atomic E-state index is 5.49. The van der Waals surface area contributed by atoms with Crippen LogP contribution < -0.4 is 10.2 Å². The summed E-state index contributed by atoms with van der Waals surface area (Å²) in [5.74, 6) is 0.675. The van der Waals surface area contributed by atoms with Gasteiger partial charge >= 0.3 is 0 Å². The maximum Gasteiger partial charge on any atom is 0.0642 e. The van der Waals surface area contributed by atoms with Gasteiger partial charge in [0.1, 0.15) is 0 Å². The third-order valence-electron chi connectivity index (χ3n) is 6.69. The Hall–Kier alpha value is -2.50. The summed E-state index contributed by atoms with van der Waals surface area (Å²) in [5, 5.41) is 5.02. The van der Waals surface area contributed by atoms with Crippen LogP contribution in [-0.2, 0) is 11.8 Å². The third kappa shape index (κ3) is 3.92. The van der Waals surface area contributed by atoms with E-state index in [2.05, 4.69) is 82.4 Å². The highest BCUT2D eigenvalue weighted by Gasteiger charge is 2.22. The Bertz CT molecular complexity index is 1010. The van der Waals surface area contributed by atoms with E-state index in [1.54, 1.807) is 0 Å². The second-order valence-corrected chi connectivity index (χ2v) is 8.78. The second-order valence-electron chi connectivity index (χ2n) is 8.78. The SMILES string of the molecule is CN1CCC(c2cn(C)c3cc(Nc4cccc(N5CCOCC5)c4)ccc23)CC1. The third-order valence-corrected chi connectivity index (χ3v) is 6.69. The number of rotatable bonds is 4. The average molecular weight is 405 g/mol. The molecule has 2 fully saturated rings. The molecule has 158 valence electrons. The smallest absolute Gasteiger partial charge is 0.0642 e. The summed E-state index contributed by atoms with van der Waals surface area (Å²) in [4.78, 5) is 4.83. The van der Waals surface area contributed by atoms with Crippen molar-refractivity contribution < 1.29 is 4.74 Å². The normalized spacial score (nSPS) is 18.8. The molecule has 0 spiro atoms. The molecule has 2 aromatic carbocycles. The second kappa shape index (κ2) is 8.32. The Morgan fingerprint density at radius 1 is 0.900 bits per heavy atom. The summed E-state index contributed by atoms with van der Waals surface area (Å²) < 4.78 is 7.78. The Kier molecular flexibility index (Phi) is 5.40. The number of benzene rings is 2. The Morgan fingerprint density at radius 2 is 1.67 bits per heavy atom. The molecule has 0 atom stereocenters. The molecule has 2 saturated heterocycles. The summed E-state index contributed by atoms with van der Waals surface area (Å²) in [6.45, 7) is 5.92. The first-order valence-electron chi connectivity index (χ1n) is 11.1. The lowest BCUT2D eigenvalue weighted by Gasteiger charge is -2.29. The molecule has 2 aliphatic rings. The van der Waals surface area contributed by atoms with E-state index in [0.717, 1.165) is 37.7 Å². The van der Waals surface area contributed by atoms with Gasteiger partial charge in [-0.3, -0.25) is 0 Å². The van der Waals surface area contributed by atoms with E-state index >= 15 is 0 Å². The van der Waals surface area contributed by atoms with E-state index in [1.165, 1.54) is 48.1 Å². The minimum absolute atomic E-state index is 0.675. The van der Waals surface area contributed by atoms with E-state index in [-0.39, 0.29) is 0 Å². The molecule has 5 nitrogen and oxygen atoms in total. The van der Waals surface area contributed by atoms with Crippen LogP contribution in [0.15, 0.2) is 48.7 Å². The van der Waals surface area contributed by atoms with Crippen LogP contribution >= 0.6 is 0 Å². The number of hydrogen-bond donors (Lipinski definition) is 1. The van der Waals surface area contributed by atoms with Crippen LogP contribution in [0, 0.1) is 0 Å². The molecule has 5 rings (SSSR count). The molecule has 0 aliphatic carbocycles. The average Bonchev–Trinajstić information content (AvgIpc) is 3.11. The minimum Gasteiger partial charge on any atom is -0.378 e. The number of ether oxygens (including phenoxy) is 1. The van der Waals surface area contributed by atoms with Crippen LogP contribution in [0.5, 0.6) is 0 Å². The summed E-state index contributed by atoms with van der Waals surface area (Å²) >= 11 is 0. The lowest BCUT2D eigenvalue weighted by molar-refractivity contribution is 0.122. The number of anilines is 3. The zero-order valence-electron chi connectivity index (χ0n) is 18.1. The number of aryl methyl sites for hydroxylation is 1. The predicted molar refractivity (Wildman–Crippen MR) is 125 cm³/mol. The predicted octanol–water partition coefficient (Wildman–Crippen LogP) is 4.57. The zero-order chi connectivity index (χ0) is 20.5. The summed E-state index contributed by atoms with van der Waals surface area (Å²) in [5.41, 5.74) is 6.34. The van der Waals surface area contributed by atoms with Crippen LogP contribution in [0.1, 0.15) is 24.3 Å². The number of likely N-dealkylation sites (tertiary alicyclic amines) is 1. The van der Waals surface area contributed by atoms with Gasteiger partial charge in [-0.1, -0.05) is 12.1 Å². The molecular weight excluding hydrogens is 372 g/mol. The van der Waals surface area contributed by atoms with Crippen molar-refractivity contribution in [2.75, 3.05) is 56.7 Å². The largest absolute Gasteiger partial charge is 0.378 e. The number of hydrogen-bond acceptors (Lipinski definition) is 4. The van der Waals surface area contributed by atoms with Crippen molar-refractivity contribution in [1.29, 1.82) is 0 Å². The van der Waals surface area contributed by atoms with E-state index in [4.69, 9.17) is 4.74 Å². The van der Waals surface area contributed by atoms with E-state index in [1.807, 2.05) is 0 Å². The summed E-state index contributed by atoms with van der Waals surface area (Å²) in [7, 11) is 4.40.